The molecule has 11 heteroatoms. The van der Waals surface area contributed by atoms with E-state index in [0.29, 0.717) is 65.3 Å². The molecule has 3 heterocycles. The smallest absolute Gasteiger partial charge is 0.255 e. The third-order valence-electron chi connectivity index (χ3n) is 6.69. The fraction of sp³-hybridized carbons (Fsp3) is 0.400. The fourth-order valence-electron chi connectivity index (χ4n) is 4.80. The summed E-state index contributed by atoms with van der Waals surface area (Å²) < 4.78 is 57.7. The highest BCUT2D eigenvalue weighted by molar-refractivity contribution is 7.92. The van der Waals surface area contributed by atoms with Crippen molar-refractivity contribution in [2.75, 3.05) is 57.5 Å². The number of nitrogens with zero attached hydrogens (tertiary/aromatic N) is 2. The first-order valence-electron chi connectivity index (χ1n) is 11.7. The van der Waals surface area contributed by atoms with Crippen molar-refractivity contribution in [1.29, 1.82) is 0 Å². The van der Waals surface area contributed by atoms with Crippen LogP contribution in [0.4, 0.5) is 10.1 Å². The predicted molar refractivity (Wildman–Crippen MR) is 134 cm³/mol. The maximum absolute atomic E-state index is 13.6. The van der Waals surface area contributed by atoms with E-state index in [4.69, 9.17) is 13.9 Å². The first-order chi connectivity index (χ1) is 17.2. The average molecular weight is 518 g/mol. The second-order valence-electron chi connectivity index (χ2n) is 9.06. The largest absolute Gasteiger partial charge is 0.486 e. The molecule has 0 spiro atoms. The van der Waals surface area contributed by atoms with Gasteiger partial charge in [-0.15, -0.1) is 0 Å². The summed E-state index contributed by atoms with van der Waals surface area (Å²) in [5, 5.41) is 3.24. The van der Waals surface area contributed by atoms with Gasteiger partial charge in [-0.05, 0) is 24.3 Å². The van der Waals surface area contributed by atoms with E-state index in [9.17, 15) is 17.6 Å². The van der Waals surface area contributed by atoms with Crippen LogP contribution in [0.1, 0.15) is 15.9 Å². The maximum Gasteiger partial charge on any atom is 0.255 e. The number of anilines is 1. The van der Waals surface area contributed by atoms with Crippen LogP contribution in [0.3, 0.4) is 0 Å². The van der Waals surface area contributed by atoms with Gasteiger partial charge in [0, 0.05) is 62.7 Å². The molecule has 2 aliphatic rings. The second kappa shape index (κ2) is 9.38. The lowest BCUT2D eigenvalue weighted by Gasteiger charge is -2.28. The molecular formula is C25H28FN3O6S. The molecule has 36 heavy (non-hydrogen) atoms. The van der Waals surface area contributed by atoms with Crippen molar-refractivity contribution >= 4 is 32.6 Å². The van der Waals surface area contributed by atoms with Gasteiger partial charge in [-0.2, -0.15) is 0 Å². The Morgan fingerprint density at radius 2 is 1.92 bits per heavy atom. The number of amides is 1. The summed E-state index contributed by atoms with van der Waals surface area (Å²) in [6.45, 7) is 3.50. The zero-order valence-corrected chi connectivity index (χ0v) is 21.2. The number of carbonyl (C=O) groups is 1. The quantitative estimate of drug-likeness (QED) is 0.537. The molecule has 0 saturated carbocycles. The highest BCUT2D eigenvalue weighted by atomic mass is 32.2. The standard InChI is InChI=1S/C25H28FN3O6S/c1-27-25(30)22-21-18-12-17(14-29-8-10-33-11-9-29)34-24(18)19(28(2)36(3,31)32)13-20(21)35-23(22)15-4-6-16(26)7-5-15/h4-7,13,17H,8-12,14H2,1-3H3,(H,27,30). The van der Waals surface area contributed by atoms with Gasteiger partial charge in [0.25, 0.3) is 5.91 Å². The number of hydrogen-bond acceptors (Lipinski definition) is 7. The van der Waals surface area contributed by atoms with Gasteiger partial charge in [0.05, 0.1) is 30.7 Å². The van der Waals surface area contributed by atoms with Crippen LogP contribution in [0.25, 0.3) is 22.3 Å². The monoisotopic (exact) mass is 517 g/mol. The molecule has 1 N–H and O–H groups in total. The van der Waals surface area contributed by atoms with Gasteiger partial charge in [0.2, 0.25) is 10.0 Å². The van der Waals surface area contributed by atoms with E-state index in [1.54, 1.807) is 18.2 Å². The summed E-state index contributed by atoms with van der Waals surface area (Å²) in [6.07, 6.45) is 1.35. The van der Waals surface area contributed by atoms with E-state index in [0.717, 1.165) is 23.7 Å². The Labute approximate surface area is 208 Å². The highest BCUT2D eigenvalue weighted by Crippen LogP contribution is 2.47. The Balaban J connectivity index is 1.69. The number of nitrogens with one attached hydrogen (secondary N) is 1. The lowest BCUT2D eigenvalue weighted by atomic mass is 9.97. The molecule has 1 fully saturated rings. The molecule has 1 unspecified atom stereocenters. The first kappa shape index (κ1) is 24.5. The van der Waals surface area contributed by atoms with Crippen molar-refractivity contribution in [3.8, 4) is 17.1 Å². The van der Waals surface area contributed by atoms with Gasteiger partial charge < -0.3 is 19.2 Å². The number of morpholine rings is 1. The van der Waals surface area contributed by atoms with E-state index in [1.165, 1.54) is 26.2 Å². The van der Waals surface area contributed by atoms with Crippen molar-refractivity contribution in [2.24, 2.45) is 0 Å². The summed E-state index contributed by atoms with van der Waals surface area (Å²) in [7, 11) is -0.624. The minimum Gasteiger partial charge on any atom is -0.486 e. The molecule has 1 amide bonds. The fourth-order valence-corrected chi connectivity index (χ4v) is 5.30. The van der Waals surface area contributed by atoms with E-state index in [1.807, 2.05) is 0 Å². The maximum atomic E-state index is 13.6. The number of hydrogen-bond donors (Lipinski definition) is 1. The average Bonchev–Trinajstić information content (AvgIpc) is 3.44. The third-order valence-corrected chi connectivity index (χ3v) is 7.88. The van der Waals surface area contributed by atoms with Crippen LogP contribution in [-0.4, -0.2) is 78.5 Å². The number of ether oxygens (including phenoxy) is 2. The van der Waals surface area contributed by atoms with Crippen LogP contribution in [0, 0.1) is 5.82 Å². The van der Waals surface area contributed by atoms with Gasteiger partial charge in [-0.3, -0.25) is 14.0 Å². The molecule has 2 aliphatic heterocycles. The predicted octanol–water partition coefficient (Wildman–Crippen LogP) is 2.63. The molecule has 1 atom stereocenters. The minimum absolute atomic E-state index is 0.239. The third kappa shape index (κ3) is 4.42. The molecule has 192 valence electrons. The Kier molecular flexibility index (Phi) is 6.39. The number of halogens is 1. The van der Waals surface area contributed by atoms with E-state index < -0.39 is 15.8 Å². The van der Waals surface area contributed by atoms with Crippen molar-refractivity contribution in [1.82, 2.24) is 10.2 Å². The van der Waals surface area contributed by atoms with Crippen molar-refractivity contribution in [3.05, 3.63) is 47.3 Å². The number of furan rings is 1. The molecular weight excluding hydrogens is 489 g/mol. The van der Waals surface area contributed by atoms with Crippen LogP contribution < -0.4 is 14.4 Å². The van der Waals surface area contributed by atoms with Crippen LogP contribution in [-0.2, 0) is 21.2 Å². The number of benzene rings is 2. The summed E-state index contributed by atoms with van der Waals surface area (Å²) in [5.74, 6) is -0.0718. The molecule has 0 bridgehead atoms. The van der Waals surface area contributed by atoms with Gasteiger partial charge in [0.1, 0.15) is 29.0 Å². The van der Waals surface area contributed by atoms with Crippen LogP contribution in [0.2, 0.25) is 0 Å². The molecule has 1 saturated heterocycles. The lowest BCUT2D eigenvalue weighted by molar-refractivity contribution is 0.0223. The highest BCUT2D eigenvalue weighted by Gasteiger charge is 2.36. The number of carbonyl (C=O) groups excluding carboxylic acids is 1. The normalized spacial score (nSPS) is 18.2. The van der Waals surface area contributed by atoms with E-state index >= 15 is 0 Å². The van der Waals surface area contributed by atoms with Gasteiger partial charge >= 0.3 is 0 Å². The Morgan fingerprint density at radius 1 is 1.22 bits per heavy atom. The summed E-state index contributed by atoms with van der Waals surface area (Å²) >= 11 is 0. The van der Waals surface area contributed by atoms with E-state index in [-0.39, 0.29) is 17.8 Å². The van der Waals surface area contributed by atoms with Crippen LogP contribution in [0.5, 0.6) is 5.75 Å². The topological polar surface area (TPSA) is 101 Å². The zero-order chi connectivity index (χ0) is 25.6. The Bertz CT molecular complexity index is 1410. The summed E-state index contributed by atoms with van der Waals surface area (Å²) in [6, 6.07) is 7.27. The van der Waals surface area contributed by atoms with Gasteiger partial charge in [-0.25, -0.2) is 12.8 Å². The molecule has 0 aliphatic carbocycles. The number of sulfonamides is 1. The second-order valence-corrected chi connectivity index (χ2v) is 11.1. The Morgan fingerprint density at radius 3 is 2.56 bits per heavy atom. The SMILES string of the molecule is CNC(=O)c1c(-c2ccc(F)cc2)oc2cc(N(C)S(C)(=O)=O)c3c(c12)CC(CN1CCOCC1)O3. The zero-order valence-electron chi connectivity index (χ0n) is 20.3. The number of fused-ring (bicyclic) bond motifs is 3. The van der Waals surface area contributed by atoms with Gasteiger partial charge in [0.15, 0.2) is 0 Å². The van der Waals surface area contributed by atoms with Crippen molar-refractivity contribution < 1.29 is 31.5 Å². The minimum atomic E-state index is -3.61. The molecule has 5 rings (SSSR count). The molecule has 3 aromatic rings. The summed E-state index contributed by atoms with van der Waals surface area (Å²) in [5.41, 5.74) is 2.24. The van der Waals surface area contributed by atoms with E-state index in [2.05, 4.69) is 10.2 Å². The Hall–Kier alpha value is -3.15. The van der Waals surface area contributed by atoms with Crippen LogP contribution in [0.15, 0.2) is 34.7 Å². The first-order valence-corrected chi connectivity index (χ1v) is 13.5. The molecule has 0 radical (unpaired) electrons. The van der Waals surface area contributed by atoms with Gasteiger partial charge in [-0.1, -0.05) is 0 Å². The summed E-state index contributed by atoms with van der Waals surface area (Å²) in [4.78, 5) is 15.4. The van der Waals surface area contributed by atoms with Crippen molar-refractivity contribution in [3.63, 3.8) is 0 Å². The molecule has 2 aromatic carbocycles. The lowest BCUT2D eigenvalue weighted by Crippen LogP contribution is -2.42. The van der Waals surface area contributed by atoms with Crippen molar-refractivity contribution in [2.45, 2.75) is 12.5 Å². The number of rotatable bonds is 6. The molecule has 9 nitrogen and oxygen atoms in total. The van der Waals surface area contributed by atoms with Crippen LogP contribution >= 0.6 is 0 Å². The molecule has 1 aromatic heterocycles.